The van der Waals surface area contributed by atoms with Crippen LogP contribution in [0.5, 0.6) is 0 Å². The summed E-state index contributed by atoms with van der Waals surface area (Å²) in [5.41, 5.74) is 2.04. The van der Waals surface area contributed by atoms with E-state index in [9.17, 15) is 4.79 Å². The predicted octanol–water partition coefficient (Wildman–Crippen LogP) is 2.38. The van der Waals surface area contributed by atoms with Crippen molar-refractivity contribution in [3.8, 4) is 0 Å². The number of H-pyrrole nitrogens is 1. The van der Waals surface area contributed by atoms with Crippen LogP contribution in [0.1, 0.15) is 5.56 Å². The number of halogens is 1. The minimum Gasteiger partial charge on any atom is -0.329 e. The molecule has 18 heavy (non-hydrogen) atoms. The molecule has 0 fully saturated rings. The van der Waals surface area contributed by atoms with Crippen LogP contribution in [0.3, 0.4) is 0 Å². The molecule has 0 unspecified atom stereocenters. The average molecular weight is 351 g/mol. The molecule has 2 aromatic heterocycles. The lowest BCUT2D eigenvalue weighted by molar-refractivity contribution is 0.709. The Balaban J connectivity index is 2.00. The monoisotopic (exact) mass is 351 g/mol. The van der Waals surface area contributed by atoms with Gasteiger partial charge >= 0.3 is 0 Å². The summed E-state index contributed by atoms with van der Waals surface area (Å²) in [7, 11) is 0. The Kier molecular flexibility index (Phi) is 2.91. The molecule has 90 valence electrons. The Morgan fingerprint density at radius 3 is 2.94 bits per heavy atom. The minimum absolute atomic E-state index is 0.0846. The lowest BCUT2D eigenvalue weighted by Crippen LogP contribution is -2.06. The molecule has 0 atom stereocenters. The molecular formula is C13H10IN3O. The van der Waals surface area contributed by atoms with Gasteiger partial charge in [-0.25, -0.2) is 0 Å². The quantitative estimate of drug-likeness (QED) is 0.721. The van der Waals surface area contributed by atoms with E-state index >= 15 is 0 Å². The zero-order valence-electron chi connectivity index (χ0n) is 9.43. The third-order valence-electron chi connectivity index (χ3n) is 2.78. The first-order chi connectivity index (χ1) is 8.72. The van der Waals surface area contributed by atoms with Crippen LogP contribution in [0, 0.1) is 3.57 Å². The van der Waals surface area contributed by atoms with Crippen molar-refractivity contribution in [1.82, 2.24) is 14.8 Å². The van der Waals surface area contributed by atoms with Crippen molar-refractivity contribution in [3.05, 3.63) is 62.2 Å². The van der Waals surface area contributed by atoms with Crippen molar-refractivity contribution >= 4 is 33.5 Å². The summed E-state index contributed by atoms with van der Waals surface area (Å²) >= 11 is 2.29. The Morgan fingerprint density at radius 2 is 2.17 bits per heavy atom. The van der Waals surface area contributed by atoms with Crippen LogP contribution in [-0.4, -0.2) is 14.8 Å². The van der Waals surface area contributed by atoms with Gasteiger partial charge in [0.15, 0.2) is 0 Å². The molecule has 0 aliphatic carbocycles. The number of nitrogens with one attached hydrogen (secondary N) is 1. The number of pyridine rings is 1. The van der Waals surface area contributed by atoms with Crippen LogP contribution >= 0.6 is 22.6 Å². The Bertz CT molecular complexity index is 740. The second kappa shape index (κ2) is 4.56. The molecule has 3 rings (SSSR count). The summed E-state index contributed by atoms with van der Waals surface area (Å²) in [5.74, 6) is 0. The van der Waals surface area contributed by atoms with E-state index in [1.807, 2.05) is 16.9 Å². The first-order valence-electron chi connectivity index (χ1n) is 5.51. The van der Waals surface area contributed by atoms with E-state index < -0.39 is 0 Å². The molecule has 1 aromatic carbocycles. The summed E-state index contributed by atoms with van der Waals surface area (Å²) in [4.78, 5) is 13.7. The number of hydrogen-bond donors (Lipinski definition) is 1. The van der Waals surface area contributed by atoms with Gasteiger partial charge in [0.1, 0.15) is 0 Å². The molecule has 1 N–H and O–H groups in total. The van der Waals surface area contributed by atoms with Crippen LogP contribution < -0.4 is 5.56 Å². The smallest absolute Gasteiger partial charge is 0.247 e. The lowest BCUT2D eigenvalue weighted by atomic mass is 10.2. The van der Waals surface area contributed by atoms with Crippen molar-refractivity contribution in [2.75, 3.05) is 0 Å². The second-order valence-electron chi connectivity index (χ2n) is 4.07. The summed E-state index contributed by atoms with van der Waals surface area (Å²) in [6.07, 6.45) is 3.59. The van der Waals surface area contributed by atoms with Gasteiger partial charge in [0.05, 0.1) is 18.3 Å². The SMILES string of the molecule is O=c1ccc(Cn2ncc3cc(I)ccc32)c[nH]1. The van der Waals surface area contributed by atoms with Crippen molar-refractivity contribution in [1.29, 1.82) is 0 Å². The molecule has 3 aromatic rings. The van der Waals surface area contributed by atoms with Crippen LogP contribution in [0.25, 0.3) is 10.9 Å². The highest BCUT2D eigenvalue weighted by Gasteiger charge is 2.03. The van der Waals surface area contributed by atoms with E-state index in [2.05, 4.69) is 50.9 Å². The van der Waals surface area contributed by atoms with Crippen LogP contribution in [-0.2, 0) is 6.54 Å². The molecule has 0 aliphatic rings. The fraction of sp³-hybridized carbons (Fsp3) is 0.0769. The van der Waals surface area contributed by atoms with Gasteiger partial charge in [-0.3, -0.25) is 9.48 Å². The number of hydrogen-bond acceptors (Lipinski definition) is 2. The van der Waals surface area contributed by atoms with E-state index in [1.165, 1.54) is 9.64 Å². The maximum absolute atomic E-state index is 11.0. The standard InChI is InChI=1S/C13H10IN3O/c14-11-2-3-12-10(5-11)7-16-17(12)8-9-1-4-13(18)15-6-9/h1-7H,8H2,(H,15,18). The first kappa shape index (κ1) is 11.5. The van der Waals surface area contributed by atoms with E-state index in [-0.39, 0.29) is 5.56 Å². The Labute approximate surface area is 117 Å². The highest BCUT2D eigenvalue weighted by molar-refractivity contribution is 14.1. The average Bonchev–Trinajstić information content (AvgIpc) is 2.74. The minimum atomic E-state index is -0.0846. The Morgan fingerprint density at radius 1 is 1.28 bits per heavy atom. The van der Waals surface area contributed by atoms with E-state index in [0.717, 1.165) is 16.5 Å². The topological polar surface area (TPSA) is 50.7 Å². The van der Waals surface area contributed by atoms with Crippen molar-refractivity contribution in [2.24, 2.45) is 0 Å². The molecule has 0 bridgehead atoms. The maximum atomic E-state index is 11.0. The fourth-order valence-corrected chi connectivity index (χ4v) is 2.41. The van der Waals surface area contributed by atoms with E-state index in [4.69, 9.17) is 0 Å². The van der Waals surface area contributed by atoms with Crippen molar-refractivity contribution < 1.29 is 0 Å². The maximum Gasteiger partial charge on any atom is 0.247 e. The number of nitrogens with zero attached hydrogens (tertiary/aromatic N) is 2. The molecule has 0 amide bonds. The van der Waals surface area contributed by atoms with E-state index in [1.54, 1.807) is 6.20 Å². The summed E-state index contributed by atoms with van der Waals surface area (Å²) < 4.78 is 3.13. The Hall–Kier alpha value is -1.63. The molecule has 0 spiro atoms. The fourth-order valence-electron chi connectivity index (χ4n) is 1.90. The van der Waals surface area contributed by atoms with Crippen LogP contribution in [0.15, 0.2) is 47.5 Å². The molecule has 2 heterocycles. The number of benzene rings is 1. The summed E-state index contributed by atoms with van der Waals surface area (Å²) in [6, 6.07) is 9.58. The van der Waals surface area contributed by atoms with Crippen LogP contribution in [0.4, 0.5) is 0 Å². The van der Waals surface area contributed by atoms with Gasteiger partial charge in [0.2, 0.25) is 5.56 Å². The van der Waals surface area contributed by atoms with Gasteiger partial charge in [-0.2, -0.15) is 5.10 Å². The molecule has 5 heteroatoms. The summed E-state index contributed by atoms with van der Waals surface area (Å²) in [5, 5.41) is 5.51. The van der Waals surface area contributed by atoms with Crippen molar-refractivity contribution in [2.45, 2.75) is 6.54 Å². The van der Waals surface area contributed by atoms with Gasteiger partial charge in [-0.15, -0.1) is 0 Å². The highest BCUT2D eigenvalue weighted by Crippen LogP contribution is 2.17. The van der Waals surface area contributed by atoms with Gasteiger partial charge in [0.25, 0.3) is 0 Å². The molecule has 0 radical (unpaired) electrons. The third kappa shape index (κ3) is 2.17. The van der Waals surface area contributed by atoms with E-state index in [0.29, 0.717) is 6.54 Å². The number of aromatic amines is 1. The van der Waals surface area contributed by atoms with Gasteiger partial charge < -0.3 is 4.98 Å². The number of fused-ring (bicyclic) bond motifs is 1. The third-order valence-corrected chi connectivity index (χ3v) is 3.46. The van der Waals surface area contributed by atoms with Gasteiger partial charge in [-0.1, -0.05) is 6.07 Å². The first-order valence-corrected chi connectivity index (χ1v) is 6.59. The zero-order chi connectivity index (χ0) is 12.5. The number of aromatic nitrogens is 3. The largest absolute Gasteiger partial charge is 0.329 e. The molecule has 0 aliphatic heterocycles. The highest BCUT2D eigenvalue weighted by atomic mass is 127. The molecule has 0 saturated carbocycles. The second-order valence-corrected chi connectivity index (χ2v) is 5.31. The normalized spacial score (nSPS) is 10.9. The summed E-state index contributed by atoms with van der Waals surface area (Å²) in [6.45, 7) is 0.654. The zero-order valence-corrected chi connectivity index (χ0v) is 11.6. The molecular weight excluding hydrogens is 341 g/mol. The lowest BCUT2D eigenvalue weighted by Gasteiger charge is -2.03. The van der Waals surface area contributed by atoms with Gasteiger partial charge in [0, 0.05) is 21.2 Å². The van der Waals surface area contributed by atoms with Crippen molar-refractivity contribution in [3.63, 3.8) is 0 Å². The number of rotatable bonds is 2. The molecule has 4 nitrogen and oxygen atoms in total. The van der Waals surface area contributed by atoms with Gasteiger partial charge in [-0.05, 0) is 46.4 Å². The molecule has 0 saturated heterocycles. The predicted molar refractivity (Wildman–Crippen MR) is 78.6 cm³/mol. The van der Waals surface area contributed by atoms with Crippen LogP contribution in [0.2, 0.25) is 0 Å².